The van der Waals surface area contributed by atoms with Crippen LogP contribution in [0.5, 0.6) is 0 Å². The maximum absolute atomic E-state index is 12.2. The lowest BCUT2D eigenvalue weighted by Gasteiger charge is -2.45. The summed E-state index contributed by atoms with van der Waals surface area (Å²) >= 11 is 1.04. The first-order valence-electron chi connectivity index (χ1n) is 7.07. The first-order chi connectivity index (χ1) is 11.5. The zero-order chi connectivity index (χ0) is 18.9. The molecule has 3 N–H and O–H groups in total. The fraction of sp³-hybridized carbons (Fsp3) is 0.462. The van der Waals surface area contributed by atoms with E-state index in [4.69, 9.17) is 4.55 Å². The molecule has 1 saturated heterocycles. The molecule has 0 radical (unpaired) electrons. The maximum atomic E-state index is 12.2. The molecule has 0 bridgehead atoms. The van der Waals surface area contributed by atoms with Gasteiger partial charge in [-0.1, -0.05) is 11.8 Å². The molecule has 0 aromatic heterocycles. The van der Waals surface area contributed by atoms with Gasteiger partial charge in [-0.05, 0) is 12.3 Å². The molecule has 10 nitrogen and oxygen atoms in total. The van der Waals surface area contributed by atoms with Crippen LogP contribution in [0.15, 0.2) is 22.2 Å². The van der Waals surface area contributed by atoms with E-state index in [0.717, 1.165) is 16.7 Å². The second-order valence-electron chi connectivity index (χ2n) is 5.43. The van der Waals surface area contributed by atoms with Crippen LogP contribution in [0.3, 0.4) is 0 Å². The van der Waals surface area contributed by atoms with Crippen LogP contribution in [0.25, 0.3) is 0 Å². The van der Waals surface area contributed by atoms with Crippen molar-refractivity contribution in [1.82, 2.24) is 10.2 Å². The number of thioether (sulfide) groups is 1. The predicted molar refractivity (Wildman–Crippen MR) is 86.0 cm³/mol. The smallest absolute Gasteiger partial charge is 0.397 e. The Labute approximate surface area is 147 Å². The third-order valence-corrected chi connectivity index (χ3v) is 5.18. The number of hydrogen-bond acceptors (Lipinski definition) is 7. The molecule has 2 heterocycles. The zero-order valence-corrected chi connectivity index (χ0v) is 14.8. The normalized spacial score (nSPS) is 24.3. The van der Waals surface area contributed by atoms with Gasteiger partial charge in [0, 0.05) is 24.4 Å². The average Bonchev–Trinajstić information content (AvgIpc) is 2.76. The van der Waals surface area contributed by atoms with E-state index >= 15 is 0 Å². The van der Waals surface area contributed by atoms with Gasteiger partial charge >= 0.3 is 16.4 Å². The molecule has 2 rings (SSSR count). The van der Waals surface area contributed by atoms with Gasteiger partial charge in [-0.25, -0.2) is 8.98 Å². The Morgan fingerprint density at radius 3 is 2.64 bits per heavy atom. The van der Waals surface area contributed by atoms with Gasteiger partial charge in [0.2, 0.25) is 11.8 Å². The number of carboxylic acid groups (broad SMARTS) is 1. The van der Waals surface area contributed by atoms with E-state index < -0.39 is 40.3 Å². The first kappa shape index (κ1) is 19.4. The molecular formula is C13H16N2O8S2. The minimum absolute atomic E-state index is 0.178. The molecule has 0 saturated carbocycles. The number of carbonyl (C=O) groups is 3. The largest absolute Gasteiger partial charge is 0.477 e. The van der Waals surface area contributed by atoms with Gasteiger partial charge in [0.25, 0.3) is 0 Å². The van der Waals surface area contributed by atoms with Crippen LogP contribution in [-0.4, -0.2) is 52.9 Å². The van der Waals surface area contributed by atoms with Gasteiger partial charge in [0.05, 0.1) is 18.1 Å². The lowest BCUT2D eigenvalue weighted by atomic mass is 9.83. The van der Waals surface area contributed by atoms with E-state index in [-0.39, 0.29) is 18.0 Å². The number of aliphatic carboxylic acids is 1. The minimum atomic E-state index is -4.72. The highest BCUT2D eigenvalue weighted by molar-refractivity contribution is 8.05. The van der Waals surface area contributed by atoms with Gasteiger partial charge in [0.1, 0.15) is 5.70 Å². The molecule has 2 amide bonds. The Hall–Kier alpha value is -1.89. The quantitative estimate of drug-likeness (QED) is 0.403. The second kappa shape index (κ2) is 7.15. The monoisotopic (exact) mass is 392 g/mol. The minimum Gasteiger partial charge on any atom is -0.477 e. The van der Waals surface area contributed by atoms with Gasteiger partial charge < -0.3 is 15.3 Å². The van der Waals surface area contributed by atoms with Crippen molar-refractivity contribution in [3.05, 3.63) is 22.2 Å². The number of carboxylic acids is 1. The van der Waals surface area contributed by atoms with Crippen molar-refractivity contribution in [3.63, 3.8) is 0 Å². The summed E-state index contributed by atoms with van der Waals surface area (Å²) in [6.45, 7) is 2.63. The van der Waals surface area contributed by atoms with Crippen molar-refractivity contribution in [1.29, 1.82) is 0 Å². The third kappa shape index (κ3) is 4.21. The molecule has 0 aliphatic carbocycles. The molecule has 0 aromatic rings. The topological polar surface area (TPSA) is 150 Å². The van der Waals surface area contributed by atoms with Gasteiger partial charge in [0.15, 0.2) is 0 Å². The van der Waals surface area contributed by atoms with Crippen molar-refractivity contribution in [2.75, 3.05) is 0 Å². The predicted octanol–water partition coefficient (Wildman–Crippen LogP) is 0.0617. The Morgan fingerprint density at radius 1 is 1.48 bits per heavy atom. The molecule has 3 unspecified atom stereocenters. The number of β-lactam (4-membered cyclic amide) rings is 1. The summed E-state index contributed by atoms with van der Waals surface area (Å²) < 4.78 is 34.8. The Balaban J connectivity index is 2.14. The number of fused-ring (bicyclic) bond motifs is 1. The van der Waals surface area contributed by atoms with Crippen molar-refractivity contribution >= 4 is 39.9 Å². The Bertz CT molecular complexity index is 773. The maximum Gasteiger partial charge on any atom is 0.397 e. The van der Waals surface area contributed by atoms with Crippen LogP contribution in [0.2, 0.25) is 0 Å². The summed E-state index contributed by atoms with van der Waals surface area (Å²) in [4.78, 5) is 36.0. The summed E-state index contributed by atoms with van der Waals surface area (Å²) in [5, 5.41) is 13.2. The fourth-order valence-electron chi connectivity index (χ4n) is 2.84. The van der Waals surface area contributed by atoms with Crippen molar-refractivity contribution in [3.8, 4) is 0 Å². The summed E-state index contributed by atoms with van der Waals surface area (Å²) in [6.07, 6.45) is 0.420. The molecule has 12 heteroatoms. The lowest BCUT2D eigenvalue weighted by Crippen LogP contribution is -2.62. The molecule has 3 atom stereocenters. The van der Waals surface area contributed by atoms with Crippen LogP contribution < -0.4 is 5.32 Å². The highest BCUT2D eigenvalue weighted by Crippen LogP contribution is 2.47. The van der Waals surface area contributed by atoms with Gasteiger partial charge in [-0.15, -0.1) is 0 Å². The highest BCUT2D eigenvalue weighted by atomic mass is 32.3. The molecule has 0 aromatic carbocycles. The lowest BCUT2D eigenvalue weighted by molar-refractivity contribution is -0.160. The van der Waals surface area contributed by atoms with E-state index in [1.54, 1.807) is 0 Å². The van der Waals surface area contributed by atoms with Crippen molar-refractivity contribution < 1.29 is 36.6 Å². The number of rotatable bonds is 7. The number of carbonyl (C=O) groups excluding carboxylic acids is 2. The first-order valence-corrected chi connectivity index (χ1v) is 9.31. The molecular weight excluding hydrogens is 376 g/mol. The zero-order valence-electron chi connectivity index (χ0n) is 13.2. The van der Waals surface area contributed by atoms with Gasteiger partial charge in [-0.3, -0.25) is 14.1 Å². The molecule has 1 fully saturated rings. The van der Waals surface area contributed by atoms with Crippen LogP contribution >= 0.6 is 11.8 Å². The highest BCUT2D eigenvalue weighted by Gasteiger charge is 2.57. The SMILES string of the molecule is CC(=O)N/C=C/SC1=C(C(=O)O)N2C(=O)C(C(C)OS(=O)(=O)O)C2C1. The molecule has 138 valence electrons. The van der Waals surface area contributed by atoms with Crippen LogP contribution in [-0.2, 0) is 29.0 Å². The van der Waals surface area contributed by atoms with E-state index in [1.165, 1.54) is 25.5 Å². The number of hydrogen-bond donors (Lipinski definition) is 3. The molecule has 2 aliphatic heterocycles. The molecule has 25 heavy (non-hydrogen) atoms. The third-order valence-electron chi connectivity index (χ3n) is 3.71. The van der Waals surface area contributed by atoms with Crippen LogP contribution in [0.4, 0.5) is 0 Å². The van der Waals surface area contributed by atoms with E-state index in [1.807, 2.05) is 0 Å². The molecule has 2 aliphatic rings. The van der Waals surface area contributed by atoms with Crippen molar-refractivity contribution in [2.45, 2.75) is 32.4 Å². The van der Waals surface area contributed by atoms with E-state index in [2.05, 4.69) is 9.50 Å². The summed E-state index contributed by atoms with van der Waals surface area (Å²) in [6, 6.07) is -0.563. The standard InChI is InChI=1S/C13H16N2O8S2/c1-6(23-25(20,21)22)10-8-5-9(24-4-3-14-7(2)16)11(13(18)19)15(8)12(10)17/h3-4,6,8,10H,5H2,1-2H3,(H,14,16)(H,18,19)(H,20,21,22)/b4-3+. The summed E-state index contributed by atoms with van der Waals surface area (Å²) in [5.74, 6) is -3.03. The summed E-state index contributed by atoms with van der Waals surface area (Å²) in [5.41, 5.74) is -0.178. The number of nitrogens with one attached hydrogen (secondary N) is 1. The number of nitrogens with zero attached hydrogens (tertiary/aromatic N) is 1. The average molecular weight is 392 g/mol. The number of amides is 2. The Morgan fingerprint density at radius 2 is 2.12 bits per heavy atom. The van der Waals surface area contributed by atoms with E-state index in [0.29, 0.717) is 4.91 Å². The van der Waals surface area contributed by atoms with Crippen LogP contribution in [0, 0.1) is 5.92 Å². The Kier molecular flexibility index (Phi) is 5.56. The van der Waals surface area contributed by atoms with E-state index in [9.17, 15) is 27.9 Å². The van der Waals surface area contributed by atoms with Crippen molar-refractivity contribution in [2.24, 2.45) is 5.92 Å². The summed E-state index contributed by atoms with van der Waals surface area (Å²) in [7, 11) is -4.72. The second-order valence-corrected chi connectivity index (χ2v) is 7.48. The van der Waals surface area contributed by atoms with Gasteiger partial charge in [-0.2, -0.15) is 8.42 Å². The fourth-order valence-corrected chi connectivity index (χ4v) is 4.21. The van der Waals surface area contributed by atoms with Crippen LogP contribution in [0.1, 0.15) is 20.3 Å². The molecule has 0 spiro atoms.